The minimum absolute atomic E-state index is 0.0532. The van der Waals surface area contributed by atoms with Crippen molar-refractivity contribution in [3.63, 3.8) is 0 Å². The number of hydrogen-bond acceptors (Lipinski definition) is 8. The summed E-state index contributed by atoms with van der Waals surface area (Å²) in [5.41, 5.74) is 5.42. The molecule has 9 nitrogen and oxygen atoms in total. The molecule has 0 aromatic rings. The molecule has 2 atom stereocenters. The fourth-order valence-electron chi connectivity index (χ4n) is 11.8. The molecule has 10 heteroatoms. The Balaban J connectivity index is 3.76. The normalized spacial score (nSPS) is 13.4. The van der Waals surface area contributed by atoms with Crippen molar-refractivity contribution in [1.29, 1.82) is 0 Å². The van der Waals surface area contributed by atoms with E-state index in [-0.39, 0.29) is 38.6 Å². The number of carbonyl (C=O) groups is 2. The molecule has 0 amide bonds. The number of phosphoric ester groups is 1. The second kappa shape index (κ2) is 79.7. The molecule has 0 bridgehead atoms. The maximum Gasteiger partial charge on any atom is 0.472 e. The van der Waals surface area contributed by atoms with E-state index >= 15 is 0 Å². The van der Waals surface area contributed by atoms with Gasteiger partial charge in [-0.15, -0.1) is 0 Å². The molecular formula is C85H152NO8P. The minimum Gasteiger partial charge on any atom is -0.462 e. The summed E-state index contributed by atoms with van der Waals surface area (Å²) in [7, 11) is -4.40. The van der Waals surface area contributed by atoms with Gasteiger partial charge in [0, 0.05) is 19.4 Å². The number of ether oxygens (including phenoxy) is 2. The molecule has 0 aliphatic heterocycles. The Bertz CT molecular complexity index is 1930. The van der Waals surface area contributed by atoms with E-state index in [1.807, 2.05) is 0 Å². The third-order valence-electron chi connectivity index (χ3n) is 17.7. The number of carbonyl (C=O) groups excluding carboxylic acids is 2. The Morgan fingerprint density at radius 2 is 0.547 bits per heavy atom. The highest BCUT2D eigenvalue weighted by atomic mass is 31.2. The van der Waals surface area contributed by atoms with Crippen LogP contribution in [-0.4, -0.2) is 49.3 Å². The predicted octanol–water partition coefficient (Wildman–Crippen LogP) is 27.2. The van der Waals surface area contributed by atoms with Crippen LogP contribution in [0.5, 0.6) is 0 Å². The molecule has 0 rings (SSSR count). The Labute approximate surface area is 588 Å². The van der Waals surface area contributed by atoms with Gasteiger partial charge in [-0.2, -0.15) is 0 Å². The minimum atomic E-state index is -4.40. The summed E-state index contributed by atoms with van der Waals surface area (Å²) in [6, 6.07) is 0. The fraction of sp³-hybridized carbons (Fsp3) is 0.765. The number of rotatable bonds is 76. The smallest absolute Gasteiger partial charge is 0.462 e. The lowest BCUT2D eigenvalue weighted by Gasteiger charge is -2.19. The topological polar surface area (TPSA) is 134 Å². The summed E-state index contributed by atoms with van der Waals surface area (Å²) in [4.78, 5) is 35.5. The van der Waals surface area contributed by atoms with Crippen molar-refractivity contribution in [1.82, 2.24) is 0 Å². The van der Waals surface area contributed by atoms with Crippen LogP contribution < -0.4 is 5.73 Å². The SMILES string of the molecule is CC/C=C\C/C=C\C/C=C\C/C=C\C/C=C\CCCCCCCCCCCCCCCCCCCCCC(=O)OC(COC(=O)CCCCCCCCCCCCCCCCCCCCCCCCCCCC/C=C\C/C=C\C/C=C\C/C=C\CC)COP(=O)(O)OCCN. The average Bonchev–Trinajstić information content (AvgIpc) is 3.32. The van der Waals surface area contributed by atoms with Crippen LogP contribution in [0.3, 0.4) is 0 Å². The van der Waals surface area contributed by atoms with Crippen LogP contribution in [0.15, 0.2) is 109 Å². The maximum atomic E-state index is 12.8. The molecule has 95 heavy (non-hydrogen) atoms. The number of phosphoric acid groups is 1. The Morgan fingerprint density at radius 1 is 0.316 bits per heavy atom. The first-order valence-corrected chi connectivity index (χ1v) is 41.9. The summed E-state index contributed by atoms with van der Waals surface area (Å²) in [6.45, 7) is 3.57. The van der Waals surface area contributed by atoms with Gasteiger partial charge in [-0.3, -0.25) is 18.6 Å². The van der Waals surface area contributed by atoms with Crippen molar-refractivity contribution in [3.8, 4) is 0 Å². The van der Waals surface area contributed by atoms with E-state index in [9.17, 15) is 19.0 Å². The Hall–Kier alpha value is -3.33. The molecule has 0 saturated carbocycles. The zero-order valence-electron chi connectivity index (χ0n) is 62.1. The van der Waals surface area contributed by atoms with Gasteiger partial charge < -0.3 is 20.1 Å². The second-order valence-electron chi connectivity index (χ2n) is 26.9. The van der Waals surface area contributed by atoms with Crippen molar-refractivity contribution in [3.05, 3.63) is 109 Å². The summed E-state index contributed by atoms with van der Waals surface area (Å²) in [5, 5.41) is 0. The zero-order valence-corrected chi connectivity index (χ0v) is 63.0. The van der Waals surface area contributed by atoms with Gasteiger partial charge in [-0.05, 0) is 96.3 Å². The number of esters is 2. The zero-order chi connectivity index (χ0) is 68.6. The number of allylic oxidation sites excluding steroid dienone is 18. The maximum absolute atomic E-state index is 12.8. The molecule has 0 radical (unpaired) electrons. The lowest BCUT2D eigenvalue weighted by atomic mass is 10.0. The highest BCUT2D eigenvalue weighted by Gasteiger charge is 2.26. The van der Waals surface area contributed by atoms with Gasteiger partial charge >= 0.3 is 19.8 Å². The van der Waals surface area contributed by atoms with E-state index in [1.165, 1.54) is 257 Å². The third-order valence-corrected chi connectivity index (χ3v) is 18.6. The van der Waals surface area contributed by atoms with Crippen LogP contribution in [0.4, 0.5) is 0 Å². The molecular weight excluding hydrogens is 1190 g/mol. The van der Waals surface area contributed by atoms with Crippen LogP contribution in [0.25, 0.3) is 0 Å². The lowest BCUT2D eigenvalue weighted by Crippen LogP contribution is -2.29. The number of hydrogen-bond donors (Lipinski definition) is 2. The van der Waals surface area contributed by atoms with Gasteiger partial charge in [-0.25, -0.2) is 4.57 Å². The van der Waals surface area contributed by atoms with Crippen molar-refractivity contribution in [2.45, 2.75) is 392 Å². The largest absolute Gasteiger partial charge is 0.472 e. The van der Waals surface area contributed by atoms with E-state index < -0.39 is 26.5 Å². The Morgan fingerprint density at radius 3 is 0.811 bits per heavy atom. The average molecular weight is 1350 g/mol. The highest BCUT2D eigenvalue weighted by Crippen LogP contribution is 2.43. The summed E-state index contributed by atoms with van der Waals surface area (Å²) in [6.07, 6.45) is 111. The molecule has 0 saturated heterocycles. The first-order chi connectivity index (χ1) is 46.8. The van der Waals surface area contributed by atoms with Crippen LogP contribution in [0.2, 0.25) is 0 Å². The van der Waals surface area contributed by atoms with Gasteiger partial charge in [0.2, 0.25) is 0 Å². The van der Waals surface area contributed by atoms with Crippen LogP contribution >= 0.6 is 7.82 Å². The summed E-state index contributed by atoms with van der Waals surface area (Å²) >= 11 is 0. The van der Waals surface area contributed by atoms with E-state index in [4.69, 9.17) is 24.3 Å². The van der Waals surface area contributed by atoms with Crippen molar-refractivity contribution < 1.29 is 37.6 Å². The van der Waals surface area contributed by atoms with Crippen molar-refractivity contribution in [2.75, 3.05) is 26.4 Å². The van der Waals surface area contributed by atoms with E-state index in [1.54, 1.807) is 0 Å². The van der Waals surface area contributed by atoms with Crippen molar-refractivity contribution in [2.24, 2.45) is 5.73 Å². The summed E-state index contributed by atoms with van der Waals surface area (Å²) < 4.78 is 33.3. The second-order valence-corrected chi connectivity index (χ2v) is 28.3. The molecule has 0 heterocycles. The summed E-state index contributed by atoms with van der Waals surface area (Å²) in [5.74, 6) is -0.809. The molecule has 0 aromatic heterocycles. The van der Waals surface area contributed by atoms with Gasteiger partial charge in [0.05, 0.1) is 13.2 Å². The van der Waals surface area contributed by atoms with Gasteiger partial charge in [0.25, 0.3) is 0 Å². The molecule has 550 valence electrons. The first kappa shape index (κ1) is 91.7. The predicted molar refractivity (Wildman–Crippen MR) is 413 cm³/mol. The molecule has 0 fully saturated rings. The third kappa shape index (κ3) is 79.5. The lowest BCUT2D eigenvalue weighted by molar-refractivity contribution is -0.161. The van der Waals surface area contributed by atoms with E-state index in [0.717, 1.165) is 96.3 Å². The Kier molecular flexibility index (Phi) is 76.9. The quantitative estimate of drug-likeness (QED) is 0.0264. The molecule has 0 aromatic carbocycles. The number of nitrogens with two attached hydrogens (primary N) is 1. The van der Waals surface area contributed by atoms with Gasteiger partial charge in [-0.1, -0.05) is 386 Å². The van der Waals surface area contributed by atoms with E-state index in [0.29, 0.717) is 6.42 Å². The van der Waals surface area contributed by atoms with Crippen LogP contribution in [-0.2, 0) is 32.7 Å². The molecule has 2 unspecified atom stereocenters. The first-order valence-electron chi connectivity index (χ1n) is 40.4. The van der Waals surface area contributed by atoms with Crippen LogP contribution in [0.1, 0.15) is 386 Å². The van der Waals surface area contributed by atoms with Crippen LogP contribution in [0, 0.1) is 0 Å². The molecule has 0 aliphatic rings. The van der Waals surface area contributed by atoms with Gasteiger partial charge in [0.1, 0.15) is 6.61 Å². The van der Waals surface area contributed by atoms with Crippen molar-refractivity contribution >= 4 is 19.8 Å². The monoisotopic (exact) mass is 1350 g/mol. The number of unbranched alkanes of at least 4 members (excludes halogenated alkanes) is 45. The molecule has 0 aliphatic carbocycles. The fourth-order valence-corrected chi connectivity index (χ4v) is 12.5. The highest BCUT2D eigenvalue weighted by molar-refractivity contribution is 7.47. The molecule has 0 spiro atoms. The van der Waals surface area contributed by atoms with Gasteiger partial charge in [0.15, 0.2) is 6.10 Å². The molecule has 3 N–H and O–H groups in total. The van der Waals surface area contributed by atoms with E-state index in [2.05, 4.69) is 123 Å². The standard InChI is InChI=1S/C85H152NO8P/c1-3-5-7-9-11-13-15-17-19-21-23-25-27-29-31-33-35-37-39-40-41-42-44-45-47-49-51-53-55-57-59-61-63-65-67-69-71-73-75-77-84(87)91-81-83(82-93-95(89,90)92-80-79-86)94-85(88)78-76-74-72-70-68-66-64-62-60-58-56-54-52-50-48-46-43-38-36-34-32-30-28-26-24-22-20-18-16-14-12-10-8-6-4-2/h5-8,11-14,17-20,23-26,30,32,83H,3-4,9-10,15-16,21-22,27-29,31,33-82,86H2,1-2H3,(H,89,90)/b7-5-,8-6-,13-11-,14-12-,19-17-,20-18-,25-23-,26-24-,32-30-.